The molecule has 5 nitrogen and oxygen atoms in total. The Morgan fingerprint density at radius 1 is 1.07 bits per heavy atom. The highest BCUT2D eigenvalue weighted by Crippen LogP contribution is 2.27. The van der Waals surface area contributed by atoms with Crippen LogP contribution in [0.2, 0.25) is 5.02 Å². The molecule has 1 N–H and O–H groups in total. The molecule has 0 radical (unpaired) electrons. The molecule has 0 bridgehead atoms. The quantitative estimate of drug-likeness (QED) is 0.654. The van der Waals surface area contributed by atoms with Crippen LogP contribution in [0.4, 0.5) is 8.78 Å². The van der Waals surface area contributed by atoms with Gasteiger partial charge >= 0.3 is 0 Å². The summed E-state index contributed by atoms with van der Waals surface area (Å²) in [4.78, 5) is 16.0. The molecule has 0 aliphatic rings. The van der Waals surface area contributed by atoms with Crippen LogP contribution in [0.3, 0.4) is 0 Å². The van der Waals surface area contributed by atoms with Crippen molar-refractivity contribution in [3.05, 3.63) is 93.5 Å². The Labute approximate surface area is 163 Å². The molecule has 142 valence electrons. The number of hydrogen-bond donors (Lipinski definition) is 1. The summed E-state index contributed by atoms with van der Waals surface area (Å²) in [6, 6.07) is 8.24. The summed E-state index contributed by atoms with van der Waals surface area (Å²) >= 11 is 5.85. The molecule has 0 saturated heterocycles. The fourth-order valence-corrected chi connectivity index (χ4v) is 2.83. The lowest BCUT2D eigenvalue weighted by Gasteiger charge is -2.18. The minimum atomic E-state index is -1.47. The predicted octanol–water partition coefficient (Wildman–Crippen LogP) is 4.06. The highest BCUT2D eigenvalue weighted by atomic mass is 35.5. The maximum atomic E-state index is 14.3. The molecule has 0 saturated carbocycles. The zero-order valence-corrected chi connectivity index (χ0v) is 15.2. The number of nitrogens with zero attached hydrogens (tertiary/aromatic N) is 3. The number of halogens is 3. The minimum Gasteiger partial charge on any atom is -0.368 e. The van der Waals surface area contributed by atoms with Gasteiger partial charge in [0.05, 0.1) is 11.1 Å². The number of pyridine rings is 1. The smallest absolute Gasteiger partial charge is 0.277 e. The molecule has 0 amide bonds. The summed E-state index contributed by atoms with van der Waals surface area (Å²) < 4.78 is 28.3. The van der Waals surface area contributed by atoms with Crippen LogP contribution in [-0.2, 0) is 0 Å². The molecule has 2 aromatic heterocycles. The molecule has 3 aromatic rings. The first-order chi connectivity index (χ1) is 13.4. The maximum Gasteiger partial charge on any atom is 0.277 e. The van der Waals surface area contributed by atoms with Crippen molar-refractivity contribution in [2.45, 2.75) is 6.23 Å². The largest absolute Gasteiger partial charge is 0.368 e. The summed E-state index contributed by atoms with van der Waals surface area (Å²) in [7, 11) is 0. The summed E-state index contributed by atoms with van der Waals surface area (Å²) in [6.07, 6.45) is 1.09. The van der Waals surface area contributed by atoms with E-state index >= 15 is 0 Å². The first-order valence-corrected chi connectivity index (χ1v) is 8.42. The third-order valence-corrected chi connectivity index (χ3v) is 4.32. The van der Waals surface area contributed by atoms with Crippen LogP contribution < -0.4 is 5.56 Å². The van der Waals surface area contributed by atoms with E-state index in [9.17, 15) is 18.7 Å². The summed E-state index contributed by atoms with van der Waals surface area (Å²) in [5, 5.41) is 15.2. The van der Waals surface area contributed by atoms with Gasteiger partial charge in [-0.2, -0.15) is 23.5 Å². The van der Waals surface area contributed by atoms with E-state index in [2.05, 4.69) is 23.2 Å². The standard InChI is InChI=1S/C20H14ClF2N3O2/c1-3-13-14(4-2)20(28)26(19(27)11-5-7-12(21)8-6-11)25-17(13)15-9-10-16(22)24-18(15)23/h3-10,19,27H,1-2H2. The van der Waals surface area contributed by atoms with Gasteiger partial charge in [-0.1, -0.05) is 49.0 Å². The minimum absolute atomic E-state index is 0.0393. The Kier molecular flexibility index (Phi) is 5.48. The van der Waals surface area contributed by atoms with Crippen LogP contribution in [-0.4, -0.2) is 19.9 Å². The zero-order chi connectivity index (χ0) is 20.4. The molecule has 0 fully saturated rings. The Balaban J connectivity index is 2.30. The van der Waals surface area contributed by atoms with Gasteiger partial charge in [-0.05, 0) is 24.3 Å². The number of aliphatic hydroxyl groups is 1. The second-order valence-electron chi connectivity index (χ2n) is 5.73. The third-order valence-electron chi connectivity index (χ3n) is 4.07. The summed E-state index contributed by atoms with van der Waals surface area (Å²) in [5.74, 6) is -2.11. The lowest BCUT2D eigenvalue weighted by Crippen LogP contribution is -2.31. The van der Waals surface area contributed by atoms with E-state index in [1.54, 1.807) is 12.1 Å². The van der Waals surface area contributed by atoms with Crippen molar-refractivity contribution in [2.24, 2.45) is 0 Å². The van der Waals surface area contributed by atoms with Crippen molar-refractivity contribution in [3.63, 3.8) is 0 Å². The highest BCUT2D eigenvalue weighted by Gasteiger charge is 2.22. The lowest BCUT2D eigenvalue weighted by atomic mass is 10.0. The molecule has 28 heavy (non-hydrogen) atoms. The van der Waals surface area contributed by atoms with E-state index in [0.29, 0.717) is 10.6 Å². The second-order valence-corrected chi connectivity index (χ2v) is 6.17. The fourth-order valence-electron chi connectivity index (χ4n) is 2.71. The predicted molar refractivity (Wildman–Crippen MR) is 104 cm³/mol. The van der Waals surface area contributed by atoms with Crippen LogP contribution in [0.5, 0.6) is 0 Å². The molecule has 8 heteroatoms. The normalized spacial score (nSPS) is 11.9. The van der Waals surface area contributed by atoms with Gasteiger partial charge in [0.1, 0.15) is 5.69 Å². The van der Waals surface area contributed by atoms with Crippen LogP contribution in [0.15, 0.2) is 54.4 Å². The van der Waals surface area contributed by atoms with Gasteiger partial charge in [0.2, 0.25) is 11.9 Å². The number of benzene rings is 1. The van der Waals surface area contributed by atoms with Gasteiger partial charge in [-0.15, -0.1) is 0 Å². The molecule has 1 aromatic carbocycles. The Morgan fingerprint density at radius 3 is 2.29 bits per heavy atom. The van der Waals surface area contributed by atoms with Crippen molar-refractivity contribution in [1.29, 1.82) is 0 Å². The number of aromatic nitrogens is 3. The van der Waals surface area contributed by atoms with Gasteiger partial charge in [0.25, 0.3) is 5.56 Å². The lowest BCUT2D eigenvalue weighted by molar-refractivity contribution is 0.126. The van der Waals surface area contributed by atoms with Crippen molar-refractivity contribution >= 4 is 23.8 Å². The fraction of sp³-hybridized carbons (Fsp3) is 0.0500. The van der Waals surface area contributed by atoms with Crippen molar-refractivity contribution < 1.29 is 13.9 Å². The summed E-state index contributed by atoms with van der Waals surface area (Å²) in [5.41, 5.74) is -0.279. The average Bonchev–Trinajstić information content (AvgIpc) is 2.68. The molecule has 3 rings (SSSR count). The molecule has 0 spiro atoms. The highest BCUT2D eigenvalue weighted by molar-refractivity contribution is 6.30. The van der Waals surface area contributed by atoms with Gasteiger partial charge in [-0.25, -0.2) is 0 Å². The first kappa shape index (κ1) is 19.6. The Hall–Kier alpha value is -3.16. The molecule has 0 aliphatic carbocycles. The Morgan fingerprint density at radius 2 is 1.71 bits per heavy atom. The van der Waals surface area contributed by atoms with Crippen LogP contribution in [0.25, 0.3) is 23.4 Å². The average molecular weight is 402 g/mol. The summed E-state index contributed by atoms with van der Waals surface area (Å²) in [6.45, 7) is 7.23. The van der Waals surface area contributed by atoms with Crippen LogP contribution in [0.1, 0.15) is 22.9 Å². The Bertz CT molecular complexity index is 1130. The first-order valence-electron chi connectivity index (χ1n) is 8.05. The SMILES string of the molecule is C=Cc1c(-c2ccc(F)nc2F)nn(C(O)c2ccc(Cl)cc2)c(=O)c1C=C. The van der Waals surface area contributed by atoms with Gasteiger partial charge in [-0.3, -0.25) is 4.79 Å². The topological polar surface area (TPSA) is 68.0 Å². The van der Waals surface area contributed by atoms with Crippen molar-refractivity contribution in [3.8, 4) is 11.3 Å². The molecule has 1 atom stereocenters. The van der Waals surface area contributed by atoms with Crippen molar-refractivity contribution in [1.82, 2.24) is 14.8 Å². The third kappa shape index (κ3) is 3.49. The van der Waals surface area contributed by atoms with Crippen molar-refractivity contribution in [2.75, 3.05) is 0 Å². The van der Waals surface area contributed by atoms with E-state index in [4.69, 9.17) is 11.6 Å². The maximum absolute atomic E-state index is 14.3. The van der Waals surface area contributed by atoms with Crippen LogP contribution in [0, 0.1) is 11.9 Å². The second kappa shape index (κ2) is 7.84. The molecular weight excluding hydrogens is 388 g/mol. The molecule has 1 unspecified atom stereocenters. The number of hydrogen-bond acceptors (Lipinski definition) is 4. The zero-order valence-electron chi connectivity index (χ0n) is 14.4. The van der Waals surface area contributed by atoms with E-state index in [-0.39, 0.29) is 22.4 Å². The van der Waals surface area contributed by atoms with Gasteiger partial charge in [0, 0.05) is 16.1 Å². The molecule has 2 heterocycles. The van der Waals surface area contributed by atoms with Crippen LogP contribution >= 0.6 is 11.6 Å². The molecular formula is C20H14ClF2N3O2. The number of rotatable bonds is 5. The molecule has 0 aliphatic heterocycles. The van der Waals surface area contributed by atoms with Gasteiger partial charge in [0.15, 0.2) is 6.23 Å². The van der Waals surface area contributed by atoms with E-state index in [1.807, 2.05) is 0 Å². The van der Waals surface area contributed by atoms with E-state index in [0.717, 1.165) is 16.8 Å². The van der Waals surface area contributed by atoms with E-state index in [1.165, 1.54) is 24.3 Å². The van der Waals surface area contributed by atoms with E-state index < -0.39 is 23.7 Å². The number of aliphatic hydroxyl groups excluding tert-OH is 1. The van der Waals surface area contributed by atoms with Gasteiger partial charge < -0.3 is 5.11 Å². The monoisotopic (exact) mass is 401 g/mol.